The summed E-state index contributed by atoms with van der Waals surface area (Å²) >= 11 is 1.53. The first-order valence-corrected chi connectivity index (χ1v) is 6.65. The Morgan fingerprint density at radius 1 is 1.13 bits per heavy atom. The minimum atomic E-state index is -0.0793. The van der Waals surface area contributed by atoms with E-state index in [-0.39, 0.29) is 22.7 Å². The average molecular weight is 232 g/mol. The lowest BCUT2D eigenvalue weighted by atomic mass is 9.67. The van der Waals surface area contributed by atoms with Gasteiger partial charge in [0.1, 0.15) is 5.94 Å². The van der Waals surface area contributed by atoms with E-state index in [1.54, 1.807) is 0 Å². The number of ether oxygens (including phenoxy) is 1. The van der Waals surface area contributed by atoms with Crippen molar-refractivity contribution in [3.63, 3.8) is 0 Å². The van der Waals surface area contributed by atoms with Crippen LogP contribution in [-0.4, -0.2) is 18.2 Å². The Kier molecular flexibility index (Phi) is 5.18. The number of hydrogen-bond acceptors (Lipinski definition) is 3. The van der Waals surface area contributed by atoms with Crippen molar-refractivity contribution in [2.75, 3.05) is 12.2 Å². The fraction of sp³-hybridized carbons (Fsp3) is 0.917. The second kappa shape index (κ2) is 5.24. The summed E-state index contributed by atoms with van der Waals surface area (Å²) < 4.78 is 5.23. The predicted molar refractivity (Wildman–Crippen MR) is 66.9 cm³/mol. The Hall–Kier alpha value is -0.180. The van der Waals surface area contributed by atoms with Gasteiger partial charge in [0.15, 0.2) is 0 Å². The molecule has 0 bridgehead atoms. The molecule has 0 amide bonds. The summed E-state index contributed by atoms with van der Waals surface area (Å²) in [5, 5.41) is 0. The van der Waals surface area contributed by atoms with Crippen LogP contribution in [0.15, 0.2) is 0 Å². The van der Waals surface area contributed by atoms with Gasteiger partial charge in [0.25, 0.3) is 0 Å². The van der Waals surface area contributed by atoms with Crippen LogP contribution >= 0.6 is 11.8 Å². The zero-order valence-electron chi connectivity index (χ0n) is 11.0. The van der Waals surface area contributed by atoms with Crippen LogP contribution in [-0.2, 0) is 9.53 Å². The molecular weight excluding hydrogens is 208 g/mol. The highest BCUT2D eigenvalue weighted by Crippen LogP contribution is 2.40. The van der Waals surface area contributed by atoms with Crippen LogP contribution in [0, 0.1) is 16.7 Å². The normalized spacial score (nSPS) is 13.1. The molecule has 0 aliphatic carbocycles. The molecule has 0 aliphatic rings. The molecule has 0 spiro atoms. The van der Waals surface area contributed by atoms with Crippen molar-refractivity contribution in [2.45, 2.75) is 41.5 Å². The van der Waals surface area contributed by atoms with Gasteiger partial charge in [-0.15, -0.1) is 11.8 Å². The number of carbonyl (C=O) groups excluding carboxylic acids is 1. The molecule has 0 fully saturated rings. The molecule has 0 aromatic rings. The molecule has 0 aliphatic heterocycles. The monoisotopic (exact) mass is 232 g/mol. The van der Waals surface area contributed by atoms with E-state index >= 15 is 0 Å². The minimum Gasteiger partial charge on any atom is -0.454 e. The van der Waals surface area contributed by atoms with Crippen LogP contribution in [0.2, 0.25) is 0 Å². The Labute approximate surface area is 98.2 Å². The summed E-state index contributed by atoms with van der Waals surface area (Å²) in [6, 6.07) is 0. The first-order valence-electron chi connectivity index (χ1n) is 5.26. The van der Waals surface area contributed by atoms with Gasteiger partial charge in [-0.2, -0.15) is 0 Å². The number of rotatable bonds is 3. The van der Waals surface area contributed by atoms with E-state index in [2.05, 4.69) is 41.5 Å². The Balaban J connectivity index is 4.74. The maximum absolute atomic E-state index is 12.0. The smallest absolute Gasteiger partial charge is 0.310 e. The van der Waals surface area contributed by atoms with E-state index in [0.717, 1.165) is 0 Å². The largest absolute Gasteiger partial charge is 0.454 e. The molecule has 90 valence electrons. The average Bonchev–Trinajstić information content (AvgIpc) is 1.94. The SMILES string of the molecule is CSCOC(=O)C(C(C)(C)C)C(C)(C)C. The maximum atomic E-state index is 12.0. The standard InChI is InChI=1S/C12H24O2S/c1-11(2,3)9(12(4,5)6)10(13)14-8-15-7/h9H,8H2,1-7H3. The molecule has 0 unspecified atom stereocenters. The zero-order chi connectivity index (χ0) is 12.3. The van der Waals surface area contributed by atoms with Crippen LogP contribution in [0.5, 0.6) is 0 Å². The molecule has 15 heavy (non-hydrogen) atoms. The lowest BCUT2D eigenvalue weighted by Gasteiger charge is -2.38. The molecule has 0 N–H and O–H groups in total. The number of esters is 1. The van der Waals surface area contributed by atoms with Crippen LogP contribution in [0.3, 0.4) is 0 Å². The van der Waals surface area contributed by atoms with E-state index in [9.17, 15) is 4.79 Å². The first kappa shape index (κ1) is 14.8. The highest BCUT2D eigenvalue weighted by Gasteiger charge is 2.41. The van der Waals surface area contributed by atoms with Gasteiger partial charge in [0, 0.05) is 0 Å². The van der Waals surface area contributed by atoms with Gasteiger partial charge in [0.2, 0.25) is 0 Å². The molecule has 0 heterocycles. The second-order valence-electron chi connectivity index (χ2n) is 6.03. The van der Waals surface area contributed by atoms with E-state index in [0.29, 0.717) is 5.94 Å². The number of thioether (sulfide) groups is 1. The lowest BCUT2D eigenvalue weighted by molar-refractivity contribution is -0.155. The summed E-state index contributed by atoms with van der Waals surface area (Å²) in [4.78, 5) is 12.0. The van der Waals surface area contributed by atoms with Gasteiger partial charge >= 0.3 is 5.97 Å². The van der Waals surface area contributed by atoms with E-state index < -0.39 is 0 Å². The van der Waals surface area contributed by atoms with Crippen LogP contribution < -0.4 is 0 Å². The van der Waals surface area contributed by atoms with Crippen molar-refractivity contribution in [3.05, 3.63) is 0 Å². The van der Waals surface area contributed by atoms with E-state index in [4.69, 9.17) is 4.74 Å². The molecule has 0 aromatic carbocycles. The van der Waals surface area contributed by atoms with Crippen LogP contribution in [0.25, 0.3) is 0 Å². The van der Waals surface area contributed by atoms with Gasteiger partial charge in [0.05, 0.1) is 5.92 Å². The third kappa shape index (κ3) is 4.92. The molecule has 0 atom stereocenters. The molecule has 0 saturated carbocycles. The Bertz CT molecular complexity index is 197. The van der Waals surface area contributed by atoms with Gasteiger partial charge in [-0.3, -0.25) is 4.79 Å². The molecular formula is C12H24O2S. The zero-order valence-corrected chi connectivity index (χ0v) is 11.8. The summed E-state index contributed by atoms with van der Waals surface area (Å²) in [5.74, 6) is 0.295. The van der Waals surface area contributed by atoms with Gasteiger partial charge in [-0.25, -0.2) is 0 Å². The maximum Gasteiger partial charge on any atom is 0.310 e. The van der Waals surface area contributed by atoms with Gasteiger partial charge < -0.3 is 4.74 Å². The fourth-order valence-corrected chi connectivity index (χ4v) is 2.44. The molecule has 2 nitrogen and oxygen atoms in total. The van der Waals surface area contributed by atoms with Crippen molar-refractivity contribution in [2.24, 2.45) is 16.7 Å². The predicted octanol–water partition coefficient (Wildman–Crippen LogP) is 3.56. The fourth-order valence-electron chi connectivity index (χ4n) is 2.21. The third-order valence-electron chi connectivity index (χ3n) is 2.29. The Morgan fingerprint density at radius 3 is 1.80 bits per heavy atom. The highest BCUT2D eigenvalue weighted by atomic mass is 32.2. The quantitative estimate of drug-likeness (QED) is 0.550. The Morgan fingerprint density at radius 2 is 1.53 bits per heavy atom. The topological polar surface area (TPSA) is 26.3 Å². The number of hydrogen-bond donors (Lipinski definition) is 0. The first-order chi connectivity index (χ1) is 6.60. The van der Waals surface area contributed by atoms with Crippen LogP contribution in [0.4, 0.5) is 0 Å². The second-order valence-corrected chi connectivity index (χ2v) is 6.85. The van der Waals surface area contributed by atoms with E-state index in [1.165, 1.54) is 11.8 Å². The van der Waals surface area contributed by atoms with Crippen molar-refractivity contribution in [3.8, 4) is 0 Å². The number of carbonyl (C=O) groups is 1. The van der Waals surface area contributed by atoms with Crippen molar-refractivity contribution in [1.29, 1.82) is 0 Å². The third-order valence-corrected chi connectivity index (χ3v) is 2.64. The molecule has 0 radical (unpaired) electrons. The van der Waals surface area contributed by atoms with Crippen molar-refractivity contribution < 1.29 is 9.53 Å². The van der Waals surface area contributed by atoms with Gasteiger partial charge in [-0.05, 0) is 17.1 Å². The summed E-state index contributed by atoms with van der Waals surface area (Å²) in [7, 11) is 0. The van der Waals surface area contributed by atoms with Gasteiger partial charge in [-0.1, -0.05) is 41.5 Å². The summed E-state index contributed by atoms with van der Waals surface area (Å²) in [5.41, 5.74) is -0.124. The minimum absolute atomic E-state index is 0.0618. The summed E-state index contributed by atoms with van der Waals surface area (Å²) in [6.45, 7) is 12.5. The molecule has 3 heteroatoms. The molecule has 0 saturated heterocycles. The van der Waals surface area contributed by atoms with Crippen molar-refractivity contribution in [1.82, 2.24) is 0 Å². The van der Waals surface area contributed by atoms with Crippen molar-refractivity contribution >= 4 is 17.7 Å². The molecule has 0 rings (SSSR count). The van der Waals surface area contributed by atoms with E-state index in [1.807, 2.05) is 6.26 Å². The van der Waals surface area contributed by atoms with Crippen LogP contribution in [0.1, 0.15) is 41.5 Å². The summed E-state index contributed by atoms with van der Waals surface area (Å²) in [6.07, 6.45) is 1.93. The molecule has 0 aromatic heterocycles. The highest BCUT2D eigenvalue weighted by molar-refractivity contribution is 7.98. The lowest BCUT2D eigenvalue weighted by Crippen LogP contribution is -2.39.